The molecule has 1 aromatic heterocycles. The zero-order chi connectivity index (χ0) is 21.5. The van der Waals surface area contributed by atoms with E-state index < -0.39 is 0 Å². The van der Waals surface area contributed by atoms with Crippen molar-refractivity contribution in [2.75, 3.05) is 27.9 Å². The van der Waals surface area contributed by atoms with E-state index in [1.807, 2.05) is 11.4 Å². The highest BCUT2D eigenvalue weighted by Crippen LogP contribution is 2.39. The van der Waals surface area contributed by atoms with Gasteiger partial charge >= 0.3 is 0 Å². The standard InChI is InChI=1S/C22H22FN3O3S/c1-5-12-24-22-26(18(14-30-22)15-6-9-17(23)10-7-15)25-13-16-8-11-19(27-2)21(29-4)20(16)28-3/h5-11,13-14H,1,12H2,2-4H3. The van der Waals surface area contributed by atoms with Gasteiger partial charge in [-0.25, -0.2) is 9.07 Å². The third-order valence-electron chi connectivity index (χ3n) is 4.23. The van der Waals surface area contributed by atoms with E-state index in [1.165, 1.54) is 23.5 Å². The maximum atomic E-state index is 13.4. The lowest BCUT2D eigenvalue weighted by Gasteiger charge is -2.13. The second-order valence-electron chi connectivity index (χ2n) is 6.02. The number of hydrogen-bond donors (Lipinski definition) is 0. The van der Waals surface area contributed by atoms with Crippen LogP contribution in [0.25, 0.3) is 11.3 Å². The third kappa shape index (κ3) is 4.44. The van der Waals surface area contributed by atoms with Crippen molar-refractivity contribution in [3.8, 4) is 28.5 Å². The molecule has 0 amide bonds. The molecular formula is C22H22FN3O3S. The Morgan fingerprint density at radius 1 is 1.03 bits per heavy atom. The van der Waals surface area contributed by atoms with Gasteiger partial charge in [-0.2, -0.15) is 5.10 Å². The van der Waals surface area contributed by atoms with Crippen LogP contribution in [-0.4, -0.2) is 38.8 Å². The summed E-state index contributed by atoms with van der Waals surface area (Å²) in [5.74, 6) is 1.25. The highest BCUT2D eigenvalue weighted by molar-refractivity contribution is 7.07. The molecule has 0 N–H and O–H groups in total. The maximum absolute atomic E-state index is 13.4. The van der Waals surface area contributed by atoms with Crippen molar-refractivity contribution in [1.29, 1.82) is 0 Å². The Bertz CT molecular complexity index is 1120. The first-order valence-corrected chi connectivity index (χ1v) is 9.92. The van der Waals surface area contributed by atoms with Crippen LogP contribution >= 0.6 is 11.3 Å². The molecule has 6 nitrogen and oxygen atoms in total. The molecule has 0 aliphatic rings. The predicted molar refractivity (Wildman–Crippen MR) is 117 cm³/mol. The quantitative estimate of drug-likeness (QED) is 0.397. The molecule has 30 heavy (non-hydrogen) atoms. The van der Waals surface area contributed by atoms with Crippen LogP contribution in [-0.2, 0) is 0 Å². The summed E-state index contributed by atoms with van der Waals surface area (Å²) in [4.78, 5) is 5.19. The van der Waals surface area contributed by atoms with Gasteiger partial charge < -0.3 is 14.2 Å². The SMILES string of the molecule is C=CCN=c1scc(-c2ccc(F)cc2)n1N=Cc1ccc(OC)c(OC)c1OC. The van der Waals surface area contributed by atoms with Crippen LogP contribution in [0.15, 0.2) is 64.5 Å². The molecule has 0 fully saturated rings. The summed E-state index contributed by atoms with van der Waals surface area (Å²) < 4.78 is 31.4. The zero-order valence-electron chi connectivity index (χ0n) is 17.0. The lowest BCUT2D eigenvalue weighted by atomic mass is 10.2. The summed E-state index contributed by atoms with van der Waals surface area (Å²) in [7, 11) is 4.67. The monoisotopic (exact) mass is 427 g/mol. The fraction of sp³-hybridized carbons (Fsp3) is 0.182. The molecule has 0 bridgehead atoms. The zero-order valence-corrected chi connectivity index (χ0v) is 17.8. The highest BCUT2D eigenvalue weighted by Gasteiger charge is 2.15. The number of methoxy groups -OCH3 is 3. The molecule has 0 aliphatic carbocycles. The lowest BCUT2D eigenvalue weighted by Crippen LogP contribution is -2.12. The van der Waals surface area contributed by atoms with Crippen molar-refractivity contribution in [2.24, 2.45) is 10.1 Å². The van der Waals surface area contributed by atoms with Crippen molar-refractivity contribution in [2.45, 2.75) is 0 Å². The summed E-state index contributed by atoms with van der Waals surface area (Å²) in [6, 6.07) is 9.85. The number of aromatic nitrogens is 1. The van der Waals surface area contributed by atoms with Crippen molar-refractivity contribution >= 4 is 17.6 Å². The van der Waals surface area contributed by atoms with E-state index in [1.54, 1.807) is 56.5 Å². The average Bonchev–Trinajstić information content (AvgIpc) is 3.18. The first kappa shape index (κ1) is 21.3. The van der Waals surface area contributed by atoms with Gasteiger partial charge in [0.15, 0.2) is 11.5 Å². The molecule has 3 aromatic rings. The van der Waals surface area contributed by atoms with Crippen LogP contribution in [0.1, 0.15) is 5.56 Å². The number of halogens is 1. The number of hydrogen-bond acceptors (Lipinski definition) is 6. The molecule has 0 saturated heterocycles. The smallest absolute Gasteiger partial charge is 0.206 e. The van der Waals surface area contributed by atoms with Crippen LogP contribution in [0.3, 0.4) is 0 Å². The number of benzene rings is 2. The Morgan fingerprint density at radius 3 is 2.40 bits per heavy atom. The van der Waals surface area contributed by atoms with E-state index >= 15 is 0 Å². The normalized spacial score (nSPS) is 11.7. The summed E-state index contributed by atoms with van der Waals surface area (Å²) in [5, 5.41) is 6.56. The molecule has 0 aliphatic heterocycles. The van der Waals surface area contributed by atoms with Crippen LogP contribution < -0.4 is 19.0 Å². The van der Waals surface area contributed by atoms with E-state index in [9.17, 15) is 4.39 Å². The van der Waals surface area contributed by atoms with Crippen molar-refractivity contribution < 1.29 is 18.6 Å². The molecular weight excluding hydrogens is 405 g/mol. The van der Waals surface area contributed by atoms with E-state index in [4.69, 9.17) is 14.2 Å². The largest absolute Gasteiger partial charge is 0.493 e. The van der Waals surface area contributed by atoms with E-state index in [2.05, 4.69) is 16.7 Å². The van der Waals surface area contributed by atoms with Crippen molar-refractivity contribution in [3.63, 3.8) is 0 Å². The molecule has 3 rings (SSSR count). The Kier molecular flexibility index (Phi) is 7.03. The van der Waals surface area contributed by atoms with Crippen LogP contribution in [0, 0.1) is 5.82 Å². The molecule has 0 spiro atoms. The summed E-state index contributed by atoms with van der Waals surface area (Å²) in [6.07, 6.45) is 3.37. The Morgan fingerprint density at radius 2 is 1.77 bits per heavy atom. The van der Waals surface area contributed by atoms with Gasteiger partial charge in [-0.1, -0.05) is 6.08 Å². The second kappa shape index (κ2) is 9.89. The topological polar surface area (TPSA) is 57.3 Å². The van der Waals surface area contributed by atoms with Gasteiger partial charge in [-0.05, 0) is 36.4 Å². The Hall–Kier alpha value is -3.39. The van der Waals surface area contributed by atoms with Crippen LogP contribution in [0.2, 0.25) is 0 Å². The van der Waals surface area contributed by atoms with Gasteiger partial charge in [0.05, 0.1) is 39.8 Å². The molecule has 1 heterocycles. The molecule has 0 unspecified atom stereocenters. The number of thiazole rings is 1. The predicted octanol–water partition coefficient (Wildman–Crippen LogP) is 4.35. The highest BCUT2D eigenvalue weighted by atomic mass is 32.1. The van der Waals surface area contributed by atoms with Crippen molar-refractivity contribution in [3.05, 3.63) is 70.6 Å². The molecule has 0 saturated carbocycles. The minimum atomic E-state index is -0.296. The maximum Gasteiger partial charge on any atom is 0.206 e. The number of nitrogens with zero attached hydrogens (tertiary/aromatic N) is 3. The minimum Gasteiger partial charge on any atom is -0.493 e. The van der Waals surface area contributed by atoms with Crippen molar-refractivity contribution in [1.82, 2.24) is 4.68 Å². The van der Waals surface area contributed by atoms with Gasteiger partial charge in [0.1, 0.15) is 5.82 Å². The Balaban J connectivity index is 2.12. The summed E-state index contributed by atoms with van der Waals surface area (Å²) in [5.41, 5.74) is 2.32. The lowest BCUT2D eigenvalue weighted by molar-refractivity contribution is 0.324. The Labute approximate surface area is 178 Å². The summed E-state index contributed by atoms with van der Waals surface area (Å²) in [6.45, 7) is 4.17. The first-order valence-electron chi connectivity index (χ1n) is 9.04. The van der Waals surface area contributed by atoms with Gasteiger partial charge in [-0.15, -0.1) is 17.9 Å². The number of ether oxygens (including phenoxy) is 3. The van der Waals surface area contributed by atoms with Gasteiger partial charge in [0, 0.05) is 16.5 Å². The molecule has 2 aromatic carbocycles. The van der Waals surface area contributed by atoms with Crippen LogP contribution in [0.4, 0.5) is 4.39 Å². The third-order valence-corrected chi connectivity index (χ3v) is 5.08. The first-order chi connectivity index (χ1) is 14.6. The van der Waals surface area contributed by atoms with Gasteiger partial charge in [-0.3, -0.25) is 4.99 Å². The number of rotatable bonds is 8. The molecule has 0 atom stereocenters. The van der Waals surface area contributed by atoms with Gasteiger partial charge in [0.2, 0.25) is 10.6 Å². The average molecular weight is 428 g/mol. The van der Waals surface area contributed by atoms with E-state index in [0.29, 0.717) is 34.2 Å². The van der Waals surface area contributed by atoms with E-state index in [0.717, 1.165) is 11.3 Å². The molecule has 156 valence electrons. The second-order valence-corrected chi connectivity index (χ2v) is 6.86. The summed E-state index contributed by atoms with van der Waals surface area (Å²) >= 11 is 1.44. The fourth-order valence-electron chi connectivity index (χ4n) is 2.83. The molecule has 0 radical (unpaired) electrons. The van der Waals surface area contributed by atoms with E-state index in [-0.39, 0.29) is 5.82 Å². The van der Waals surface area contributed by atoms with Gasteiger partial charge in [0.25, 0.3) is 0 Å². The molecule has 8 heteroatoms. The minimum absolute atomic E-state index is 0.296. The fourth-order valence-corrected chi connectivity index (χ4v) is 3.67. The van der Waals surface area contributed by atoms with Crippen LogP contribution in [0.5, 0.6) is 17.2 Å².